The first-order valence-corrected chi connectivity index (χ1v) is 7.26. The molecule has 0 aromatic rings. The first kappa shape index (κ1) is 17.3. The molecule has 1 heterocycles. The molecule has 2 unspecified atom stereocenters. The SMILES string of the molecule is CCC(C)[C@H](NC(=O)N1CCCC(C(=O)OC)C1)C(=O)O. The van der Waals surface area contributed by atoms with E-state index in [1.54, 1.807) is 6.92 Å². The third-order valence-corrected chi connectivity index (χ3v) is 4.00. The summed E-state index contributed by atoms with van der Waals surface area (Å²) in [4.78, 5) is 36.5. The summed E-state index contributed by atoms with van der Waals surface area (Å²) in [6.07, 6.45) is 2.04. The van der Waals surface area contributed by atoms with Gasteiger partial charge in [-0.15, -0.1) is 0 Å². The van der Waals surface area contributed by atoms with Crippen molar-refractivity contribution in [3.05, 3.63) is 0 Å². The third-order valence-electron chi connectivity index (χ3n) is 4.00. The molecule has 0 bridgehead atoms. The fourth-order valence-electron chi connectivity index (χ4n) is 2.43. The normalized spacial score (nSPS) is 21.3. The minimum Gasteiger partial charge on any atom is -0.480 e. The van der Waals surface area contributed by atoms with E-state index in [1.165, 1.54) is 12.0 Å². The summed E-state index contributed by atoms with van der Waals surface area (Å²) in [6, 6.07) is -1.35. The van der Waals surface area contributed by atoms with Crippen LogP contribution in [0.4, 0.5) is 4.79 Å². The van der Waals surface area contributed by atoms with E-state index in [4.69, 9.17) is 4.74 Å². The fourth-order valence-corrected chi connectivity index (χ4v) is 2.43. The van der Waals surface area contributed by atoms with E-state index in [-0.39, 0.29) is 24.3 Å². The number of nitrogens with one attached hydrogen (secondary N) is 1. The molecule has 1 aliphatic heterocycles. The van der Waals surface area contributed by atoms with E-state index in [0.717, 1.165) is 0 Å². The second-order valence-electron chi connectivity index (χ2n) is 5.46. The monoisotopic (exact) mass is 300 g/mol. The number of carbonyl (C=O) groups excluding carboxylic acids is 2. The van der Waals surface area contributed by atoms with Crippen LogP contribution in [0, 0.1) is 11.8 Å². The van der Waals surface area contributed by atoms with E-state index in [0.29, 0.717) is 25.8 Å². The Morgan fingerprint density at radius 3 is 2.62 bits per heavy atom. The molecule has 3 atom stereocenters. The van der Waals surface area contributed by atoms with Crippen LogP contribution >= 0.6 is 0 Å². The van der Waals surface area contributed by atoms with Gasteiger partial charge in [0.15, 0.2) is 0 Å². The van der Waals surface area contributed by atoms with E-state index in [9.17, 15) is 19.5 Å². The van der Waals surface area contributed by atoms with Gasteiger partial charge in [-0.3, -0.25) is 4.79 Å². The zero-order chi connectivity index (χ0) is 16.0. The molecule has 0 aliphatic carbocycles. The predicted molar refractivity (Wildman–Crippen MR) is 75.7 cm³/mol. The van der Waals surface area contributed by atoms with E-state index >= 15 is 0 Å². The van der Waals surface area contributed by atoms with Crippen LogP contribution < -0.4 is 5.32 Å². The maximum Gasteiger partial charge on any atom is 0.326 e. The molecule has 7 nitrogen and oxygen atoms in total. The standard InChI is InChI=1S/C14H24N2O5/c1-4-9(2)11(12(17)18)15-14(20)16-7-5-6-10(8-16)13(19)21-3/h9-11H,4-8H2,1-3H3,(H,15,20)(H,17,18)/t9?,10?,11-/m0/s1. The number of carboxylic acid groups (broad SMARTS) is 1. The Hall–Kier alpha value is -1.79. The van der Waals surface area contributed by atoms with Crippen molar-refractivity contribution >= 4 is 18.0 Å². The molecule has 1 fully saturated rings. The van der Waals surface area contributed by atoms with Gasteiger partial charge in [0.25, 0.3) is 0 Å². The number of likely N-dealkylation sites (tertiary alicyclic amines) is 1. The van der Waals surface area contributed by atoms with Crippen molar-refractivity contribution in [1.29, 1.82) is 0 Å². The van der Waals surface area contributed by atoms with Crippen molar-refractivity contribution in [2.24, 2.45) is 11.8 Å². The molecule has 1 saturated heterocycles. The summed E-state index contributed by atoms with van der Waals surface area (Å²) < 4.78 is 4.70. The smallest absolute Gasteiger partial charge is 0.326 e. The van der Waals surface area contributed by atoms with Crippen LogP contribution in [-0.4, -0.2) is 54.2 Å². The Morgan fingerprint density at radius 1 is 1.43 bits per heavy atom. The van der Waals surface area contributed by atoms with Crippen LogP contribution in [0.3, 0.4) is 0 Å². The molecular weight excluding hydrogens is 276 g/mol. The first-order valence-electron chi connectivity index (χ1n) is 7.26. The number of carbonyl (C=O) groups is 3. The van der Waals surface area contributed by atoms with Gasteiger partial charge < -0.3 is 20.1 Å². The lowest BCUT2D eigenvalue weighted by Crippen LogP contribution is -2.53. The number of aliphatic carboxylic acids is 1. The van der Waals surface area contributed by atoms with Gasteiger partial charge in [0.2, 0.25) is 0 Å². The van der Waals surface area contributed by atoms with Crippen molar-refractivity contribution in [2.45, 2.75) is 39.2 Å². The van der Waals surface area contributed by atoms with E-state index in [2.05, 4.69) is 5.32 Å². The Labute approximate surface area is 124 Å². The summed E-state index contributed by atoms with van der Waals surface area (Å²) in [5.41, 5.74) is 0. The van der Waals surface area contributed by atoms with Crippen LogP contribution in [0.2, 0.25) is 0 Å². The highest BCUT2D eigenvalue weighted by Gasteiger charge is 2.32. The Kier molecular flexibility index (Phi) is 6.45. The molecule has 0 spiro atoms. The number of hydrogen-bond acceptors (Lipinski definition) is 4. The van der Waals surface area contributed by atoms with Gasteiger partial charge in [-0.2, -0.15) is 0 Å². The van der Waals surface area contributed by atoms with E-state index < -0.39 is 18.0 Å². The molecule has 1 rings (SSSR count). The van der Waals surface area contributed by atoms with Crippen LogP contribution in [0.1, 0.15) is 33.1 Å². The summed E-state index contributed by atoms with van der Waals surface area (Å²) in [5.74, 6) is -1.86. The molecule has 7 heteroatoms. The number of esters is 1. The molecule has 1 aliphatic rings. The molecule has 2 amide bonds. The number of methoxy groups -OCH3 is 1. The molecule has 2 N–H and O–H groups in total. The van der Waals surface area contributed by atoms with Gasteiger partial charge in [0, 0.05) is 13.1 Å². The van der Waals surface area contributed by atoms with Crippen molar-refractivity contribution in [3.63, 3.8) is 0 Å². The Bertz CT molecular complexity index is 399. The van der Waals surface area contributed by atoms with Crippen molar-refractivity contribution < 1.29 is 24.2 Å². The highest BCUT2D eigenvalue weighted by atomic mass is 16.5. The first-order chi connectivity index (χ1) is 9.90. The number of amides is 2. The minimum absolute atomic E-state index is 0.160. The molecule has 0 radical (unpaired) electrons. The summed E-state index contributed by atoms with van der Waals surface area (Å²) in [6.45, 7) is 4.45. The fraction of sp³-hybridized carbons (Fsp3) is 0.786. The van der Waals surface area contributed by atoms with Crippen LogP contribution in [0.25, 0.3) is 0 Å². The number of ether oxygens (including phenoxy) is 1. The zero-order valence-electron chi connectivity index (χ0n) is 12.8. The van der Waals surface area contributed by atoms with Gasteiger partial charge in [-0.25, -0.2) is 9.59 Å². The number of urea groups is 1. The molecule has 0 aromatic carbocycles. The average Bonchev–Trinajstić information content (AvgIpc) is 2.50. The van der Waals surface area contributed by atoms with E-state index in [1.807, 2.05) is 6.92 Å². The average molecular weight is 300 g/mol. The Balaban J connectivity index is 2.65. The topological polar surface area (TPSA) is 95.9 Å². The Morgan fingerprint density at radius 2 is 2.10 bits per heavy atom. The lowest BCUT2D eigenvalue weighted by atomic mass is 9.98. The zero-order valence-corrected chi connectivity index (χ0v) is 12.8. The van der Waals surface area contributed by atoms with Gasteiger partial charge in [0.05, 0.1) is 13.0 Å². The number of carboxylic acids is 1. The van der Waals surface area contributed by atoms with Crippen LogP contribution in [0.5, 0.6) is 0 Å². The lowest BCUT2D eigenvalue weighted by molar-refractivity contribution is -0.147. The summed E-state index contributed by atoms with van der Waals surface area (Å²) in [5, 5.41) is 11.7. The van der Waals surface area contributed by atoms with Gasteiger partial charge in [-0.1, -0.05) is 20.3 Å². The molecule has 0 aromatic heterocycles. The van der Waals surface area contributed by atoms with Gasteiger partial charge in [-0.05, 0) is 18.8 Å². The second-order valence-corrected chi connectivity index (χ2v) is 5.46. The number of nitrogens with zero attached hydrogens (tertiary/aromatic N) is 1. The largest absolute Gasteiger partial charge is 0.480 e. The predicted octanol–water partition coefficient (Wildman–Crippen LogP) is 1.08. The quantitative estimate of drug-likeness (QED) is 0.741. The number of piperidine rings is 1. The highest BCUT2D eigenvalue weighted by Crippen LogP contribution is 2.18. The lowest BCUT2D eigenvalue weighted by Gasteiger charge is -2.33. The number of rotatable bonds is 5. The van der Waals surface area contributed by atoms with Crippen LogP contribution in [0.15, 0.2) is 0 Å². The third kappa shape index (κ3) is 4.61. The molecule has 120 valence electrons. The van der Waals surface area contributed by atoms with Crippen LogP contribution in [-0.2, 0) is 14.3 Å². The maximum absolute atomic E-state index is 12.2. The highest BCUT2D eigenvalue weighted by molar-refractivity contribution is 5.83. The maximum atomic E-state index is 12.2. The molecule has 21 heavy (non-hydrogen) atoms. The minimum atomic E-state index is -1.04. The van der Waals surface area contributed by atoms with Gasteiger partial charge >= 0.3 is 18.0 Å². The molecular formula is C14H24N2O5. The summed E-state index contributed by atoms with van der Waals surface area (Å²) in [7, 11) is 1.32. The number of hydrogen-bond donors (Lipinski definition) is 2. The van der Waals surface area contributed by atoms with Crippen molar-refractivity contribution in [3.8, 4) is 0 Å². The van der Waals surface area contributed by atoms with Crippen molar-refractivity contribution in [2.75, 3.05) is 20.2 Å². The van der Waals surface area contributed by atoms with Crippen molar-refractivity contribution in [1.82, 2.24) is 10.2 Å². The summed E-state index contributed by atoms with van der Waals surface area (Å²) >= 11 is 0. The second kappa shape index (κ2) is 7.85. The van der Waals surface area contributed by atoms with Gasteiger partial charge in [0.1, 0.15) is 6.04 Å². The molecule has 0 saturated carbocycles.